The summed E-state index contributed by atoms with van der Waals surface area (Å²) in [4.78, 5) is 28.0. The molecule has 1 spiro atoms. The van der Waals surface area contributed by atoms with Crippen LogP contribution in [0, 0.1) is 18.2 Å². The van der Waals surface area contributed by atoms with Gasteiger partial charge in [-0.2, -0.15) is 0 Å². The van der Waals surface area contributed by atoms with E-state index in [1.807, 2.05) is 37.3 Å². The Hall–Kier alpha value is -2.93. The van der Waals surface area contributed by atoms with Crippen molar-refractivity contribution in [1.29, 1.82) is 0 Å². The summed E-state index contributed by atoms with van der Waals surface area (Å²) in [6, 6.07) is 16.0. The molecule has 4 unspecified atom stereocenters. The average Bonchev–Trinajstić information content (AvgIpc) is 3.31. The fourth-order valence-electron chi connectivity index (χ4n) is 6.01. The molecule has 8 heteroatoms. The van der Waals surface area contributed by atoms with Crippen molar-refractivity contribution in [2.45, 2.75) is 57.5 Å². The van der Waals surface area contributed by atoms with Crippen molar-refractivity contribution >= 4 is 46.4 Å². The Morgan fingerprint density at radius 2 is 1.79 bits per heavy atom. The van der Waals surface area contributed by atoms with Crippen LogP contribution < -0.4 is 16.0 Å². The molecule has 1 fully saturated rings. The summed E-state index contributed by atoms with van der Waals surface area (Å²) in [7, 11) is 0. The normalized spacial score (nSPS) is 24.4. The summed E-state index contributed by atoms with van der Waals surface area (Å²) in [5.41, 5.74) is 1.64. The van der Waals surface area contributed by atoms with E-state index in [1.54, 1.807) is 24.3 Å². The number of carbonyl (C=O) groups is 2. The predicted molar refractivity (Wildman–Crippen MR) is 151 cm³/mol. The van der Waals surface area contributed by atoms with Gasteiger partial charge in [-0.3, -0.25) is 9.59 Å². The minimum absolute atomic E-state index is 0.0654. The third-order valence-electron chi connectivity index (χ3n) is 7.54. The zero-order chi connectivity index (χ0) is 27.4. The van der Waals surface area contributed by atoms with Crippen molar-refractivity contribution < 1.29 is 14.0 Å². The topological polar surface area (TPSA) is 70.2 Å². The number of amides is 2. The maximum Gasteiger partial charge on any atom is 0.242 e. The van der Waals surface area contributed by atoms with E-state index in [-0.39, 0.29) is 27.8 Å². The molecule has 0 aliphatic carbocycles. The molecule has 5 nitrogen and oxygen atoms in total. The molecule has 3 aromatic carbocycles. The van der Waals surface area contributed by atoms with Crippen LogP contribution in [0.3, 0.4) is 0 Å². The highest BCUT2D eigenvalue weighted by Crippen LogP contribution is 2.57. The average molecular weight is 554 g/mol. The number of halogens is 3. The maximum atomic E-state index is 15.8. The van der Waals surface area contributed by atoms with E-state index in [0.717, 1.165) is 5.56 Å². The molecule has 2 aliphatic rings. The SMILES string of the molecule is Cc1ccc(NC(=O)C2NC(CC(C)(C)C)C3(C(=O)Nc4cc(Cl)ccc43)C2c2cccc(Cl)c2F)cc1. The van der Waals surface area contributed by atoms with Crippen molar-refractivity contribution in [3.63, 3.8) is 0 Å². The summed E-state index contributed by atoms with van der Waals surface area (Å²) in [5, 5.41) is 9.84. The summed E-state index contributed by atoms with van der Waals surface area (Å²) in [5.74, 6) is -2.18. The summed E-state index contributed by atoms with van der Waals surface area (Å²) >= 11 is 12.5. The first-order valence-corrected chi connectivity index (χ1v) is 13.4. The Morgan fingerprint density at radius 3 is 2.47 bits per heavy atom. The Labute approximate surface area is 232 Å². The number of benzene rings is 3. The summed E-state index contributed by atoms with van der Waals surface area (Å²) < 4.78 is 15.8. The van der Waals surface area contributed by atoms with Crippen LogP contribution in [-0.4, -0.2) is 23.9 Å². The van der Waals surface area contributed by atoms with Crippen LogP contribution in [0.15, 0.2) is 60.7 Å². The summed E-state index contributed by atoms with van der Waals surface area (Å²) in [6.45, 7) is 8.19. The minimum atomic E-state index is -1.28. The van der Waals surface area contributed by atoms with E-state index < -0.39 is 29.2 Å². The number of carbonyl (C=O) groups excluding carboxylic acids is 2. The molecule has 198 valence electrons. The van der Waals surface area contributed by atoms with Crippen molar-refractivity contribution in [2.75, 3.05) is 10.6 Å². The van der Waals surface area contributed by atoms with Crippen molar-refractivity contribution in [2.24, 2.45) is 5.41 Å². The number of anilines is 2. The lowest BCUT2D eigenvalue weighted by molar-refractivity contribution is -0.122. The van der Waals surface area contributed by atoms with E-state index in [9.17, 15) is 9.59 Å². The fourth-order valence-corrected chi connectivity index (χ4v) is 6.36. The number of fused-ring (bicyclic) bond motifs is 2. The first kappa shape index (κ1) is 26.7. The van der Waals surface area contributed by atoms with Gasteiger partial charge < -0.3 is 16.0 Å². The highest BCUT2D eigenvalue weighted by atomic mass is 35.5. The lowest BCUT2D eigenvalue weighted by atomic mass is 9.62. The second-order valence-electron chi connectivity index (χ2n) is 11.5. The van der Waals surface area contributed by atoms with Crippen molar-refractivity contribution in [1.82, 2.24) is 5.32 Å². The van der Waals surface area contributed by atoms with Gasteiger partial charge in [0.25, 0.3) is 0 Å². The van der Waals surface area contributed by atoms with Gasteiger partial charge in [-0.1, -0.05) is 79.9 Å². The molecule has 2 aliphatic heterocycles. The molecular formula is C30H30Cl2FN3O2. The third kappa shape index (κ3) is 4.49. The fraction of sp³-hybridized carbons (Fsp3) is 0.333. The molecule has 2 heterocycles. The van der Waals surface area contributed by atoms with E-state index in [4.69, 9.17) is 23.2 Å². The molecule has 3 aromatic rings. The molecule has 0 bridgehead atoms. The van der Waals surface area contributed by atoms with Gasteiger partial charge in [0, 0.05) is 28.4 Å². The van der Waals surface area contributed by atoms with Crippen LogP contribution in [-0.2, 0) is 15.0 Å². The van der Waals surface area contributed by atoms with Crippen LogP contribution in [0.1, 0.15) is 49.8 Å². The Bertz CT molecular complexity index is 1420. The third-order valence-corrected chi connectivity index (χ3v) is 8.07. The van der Waals surface area contributed by atoms with Gasteiger partial charge in [0.05, 0.1) is 11.1 Å². The molecule has 3 N–H and O–H groups in total. The number of hydrogen-bond acceptors (Lipinski definition) is 3. The van der Waals surface area contributed by atoms with E-state index in [0.29, 0.717) is 28.4 Å². The van der Waals surface area contributed by atoms with E-state index in [1.165, 1.54) is 6.07 Å². The van der Waals surface area contributed by atoms with E-state index >= 15 is 4.39 Å². The molecule has 0 aromatic heterocycles. The number of hydrogen-bond donors (Lipinski definition) is 3. The van der Waals surface area contributed by atoms with Gasteiger partial charge >= 0.3 is 0 Å². The van der Waals surface area contributed by atoms with Crippen LogP contribution in [0.2, 0.25) is 10.0 Å². The number of aryl methyl sites for hydroxylation is 1. The standard InChI is InChI=1S/C30H30Cl2FN3O2/c1-16-8-11-18(12-9-16)34-27(37)26-24(19-6-5-7-21(32)25(19)33)30(23(36-26)15-29(2,3)4)20-13-10-17(31)14-22(20)35-28(30)38/h5-14,23-24,26,36H,15H2,1-4H3,(H,34,37)(H,35,38). The van der Waals surface area contributed by atoms with Crippen LogP contribution in [0.5, 0.6) is 0 Å². The van der Waals surface area contributed by atoms with Gasteiger partial charge in [-0.25, -0.2) is 4.39 Å². The lowest BCUT2D eigenvalue weighted by Crippen LogP contribution is -2.49. The molecule has 1 saturated heterocycles. The predicted octanol–water partition coefficient (Wildman–Crippen LogP) is 6.83. The molecular weight excluding hydrogens is 524 g/mol. The Balaban J connectivity index is 1.72. The second kappa shape index (κ2) is 9.67. The monoisotopic (exact) mass is 553 g/mol. The van der Waals surface area contributed by atoms with Gasteiger partial charge in [-0.05, 0) is 60.2 Å². The quantitative estimate of drug-likeness (QED) is 0.331. The van der Waals surface area contributed by atoms with E-state index in [2.05, 4.69) is 36.7 Å². The second-order valence-corrected chi connectivity index (χ2v) is 12.3. The minimum Gasteiger partial charge on any atom is -0.325 e. The number of rotatable bonds is 4. The van der Waals surface area contributed by atoms with Gasteiger partial charge in [0.15, 0.2) is 0 Å². The molecule has 5 rings (SSSR count). The Morgan fingerprint density at radius 1 is 1.08 bits per heavy atom. The molecule has 0 saturated carbocycles. The lowest BCUT2D eigenvalue weighted by Gasteiger charge is -2.37. The zero-order valence-corrected chi connectivity index (χ0v) is 23.2. The highest BCUT2D eigenvalue weighted by molar-refractivity contribution is 6.31. The van der Waals surface area contributed by atoms with Gasteiger partial charge in [0.2, 0.25) is 11.8 Å². The van der Waals surface area contributed by atoms with Gasteiger partial charge in [-0.15, -0.1) is 0 Å². The van der Waals surface area contributed by atoms with Crippen LogP contribution >= 0.6 is 23.2 Å². The van der Waals surface area contributed by atoms with Crippen molar-refractivity contribution in [3.05, 3.63) is 93.2 Å². The largest absolute Gasteiger partial charge is 0.325 e. The molecule has 0 radical (unpaired) electrons. The van der Waals surface area contributed by atoms with Crippen LogP contribution in [0.25, 0.3) is 0 Å². The molecule has 2 amide bonds. The number of nitrogens with one attached hydrogen (secondary N) is 3. The summed E-state index contributed by atoms with van der Waals surface area (Å²) in [6.07, 6.45) is 0.551. The zero-order valence-electron chi connectivity index (χ0n) is 21.7. The van der Waals surface area contributed by atoms with Crippen molar-refractivity contribution in [3.8, 4) is 0 Å². The first-order valence-electron chi connectivity index (χ1n) is 12.6. The molecule has 4 atom stereocenters. The molecule has 38 heavy (non-hydrogen) atoms. The maximum absolute atomic E-state index is 15.8. The highest BCUT2D eigenvalue weighted by Gasteiger charge is 2.66. The Kier molecular flexibility index (Phi) is 6.79. The van der Waals surface area contributed by atoms with Crippen LogP contribution in [0.4, 0.5) is 15.8 Å². The first-order chi connectivity index (χ1) is 17.9. The smallest absolute Gasteiger partial charge is 0.242 e. The van der Waals surface area contributed by atoms with Gasteiger partial charge in [0.1, 0.15) is 11.2 Å².